The number of hydrogen-bond acceptors (Lipinski definition) is 11. The van der Waals surface area contributed by atoms with Gasteiger partial charge >= 0.3 is 12.8 Å². The maximum absolute atomic E-state index is 12.4. The number of anilines is 1. The lowest BCUT2D eigenvalue weighted by atomic mass is 10.1. The number of hydrogen-bond donors (Lipinski definition) is 1. The van der Waals surface area contributed by atoms with E-state index >= 15 is 0 Å². The van der Waals surface area contributed by atoms with E-state index in [1.54, 1.807) is 24.3 Å². The summed E-state index contributed by atoms with van der Waals surface area (Å²) in [6.45, 7) is -4.17. The molecule has 0 radical (unpaired) electrons. The second-order valence-corrected chi connectivity index (χ2v) is 12.9. The van der Waals surface area contributed by atoms with Gasteiger partial charge in [0, 0.05) is 50.4 Å². The highest BCUT2D eigenvalue weighted by Crippen LogP contribution is 2.55. The van der Waals surface area contributed by atoms with Gasteiger partial charge < -0.3 is 19.1 Å². The van der Waals surface area contributed by atoms with Crippen LogP contribution in [0.3, 0.4) is 0 Å². The summed E-state index contributed by atoms with van der Waals surface area (Å²) in [7, 11) is 3.91. The Kier molecular flexibility index (Phi) is 11.1. The van der Waals surface area contributed by atoms with Gasteiger partial charge in [-0.2, -0.15) is 10.2 Å². The summed E-state index contributed by atoms with van der Waals surface area (Å²) in [6, 6.07) is 14.3. The van der Waals surface area contributed by atoms with Crippen molar-refractivity contribution in [1.82, 2.24) is 0 Å². The molecule has 1 saturated carbocycles. The molecule has 1 fully saturated rings. The Hall–Kier alpha value is -3.18. The van der Waals surface area contributed by atoms with Gasteiger partial charge in [-0.3, -0.25) is 19.2 Å². The first-order valence-corrected chi connectivity index (χ1v) is 15.4. The van der Waals surface area contributed by atoms with Crippen LogP contribution in [0.1, 0.15) is 42.5 Å². The summed E-state index contributed by atoms with van der Waals surface area (Å²) in [5.41, 5.74) is 2.83. The fourth-order valence-electron chi connectivity index (χ4n) is 3.50. The van der Waals surface area contributed by atoms with E-state index in [2.05, 4.69) is 10.2 Å². The Morgan fingerprint density at radius 2 is 1.54 bits per heavy atom. The van der Waals surface area contributed by atoms with Crippen molar-refractivity contribution in [3.63, 3.8) is 0 Å². The molecule has 0 saturated heterocycles. The molecule has 0 aromatic heterocycles. The van der Waals surface area contributed by atoms with Gasteiger partial charge in [0.2, 0.25) is 6.10 Å². The number of nitrogens with zero attached hydrogens (tertiary/aromatic N) is 3. The minimum absolute atomic E-state index is 0.0537. The first kappa shape index (κ1) is 30.4. The molecule has 1 unspecified atom stereocenters. The van der Waals surface area contributed by atoms with Gasteiger partial charge in [0.05, 0.1) is 24.4 Å². The van der Waals surface area contributed by atoms with E-state index < -0.39 is 30.4 Å². The largest absolute Gasteiger partial charge is 0.446 e. The predicted octanol–water partition coefficient (Wildman–Crippen LogP) is 5.22. The summed E-state index contributed by atoms with van der Waals surface area (Å²) in [5, 5.41) is 8.38. The number of benzene rings is 2. The Balaban J connectivity index is 1.34. The summed E-state index contributed by atoms with van der Waals surface area (Å²) < 4.78 is 22.0. The number of ketones is 3. The van der Waals surface area contributed by atoms with Gasteiger partial charge in [0.25, 0.3) is 0 Å². The van der Waals surface area contributed by atoms with Crippen molar-refractivity contribution in [3.05, 3.63) is 54.1 Å². The first-order chi connectivity index (χ1) is 18.5. The fourth-order valence-corrected chi connectivity index (χ4v) is 5.83. The van der Waals surface area contributed by atoms with Crippen molar-refractivity contribution < 1.29 is 37.9 Å². The smallest absolute Gasteiger partial charge is 0.386 e. The van der Waals surface area contributed by atoms with Crippen LogP contribution in [0.5, 0.6) is 0 Å². The van der Waals surface area contributed by atoms with Gasteiger partial charge in [0.15, 0.2) is 17.3 Å². The van der Waals surface area contributed by atoms with Crippen molar-refractivity contribution in [1.29, 1.82) is 0 Å². The zero-order chi connectivity index (χ0) is 28.4. The molecule has 39 heavy (non-hydrogen) atoms. The van der Waals surface area contributed by atoms with Crippen molar-refractivity contribution in [2.24, 2.45) is 10.2 Å². The molecule has 1 aliphatic rings. The number of carbonyl (C=O) groups excluding carboxylic acids is 4. The van der Waals surface area contributed by atoms with Crippen molar-refractivity contribution >= 4 is 58.6 Å². The average molecular weight is 576 g/mol. The number of ether oxygens (including phenoxy) is 1. The van der Waals surface area contributed by atoms with Crippen LogP contribution in [-0.2, 0) is 28.2 Å². The zero-order valence-electron chi connectivity index (χ0n) is 21.6. The van der Waals surface area contributed by atoms with Gasteiger partial charge in [0.1, 0.15) is 0 Å². The standard InChI is InChI=1S/C26H30N3O8PS/c1-29(2)21-11-9-20(10-12-21)28-27-19-7-5-18(6-8-19)22(30)4-3-16-36-38(34,35)39-17-15-25(33)37-26-23(31)13-14-24(26)32/h5-12,26H,3-4,13-17H2,1-2H3,(H,34,35). The van der Waals surface area contributed by atoms with E-state index in [1.807, 2.05) is 43.3 Å². The molecule has 208 valence electrons. The molecule has 2 aromatic carbocycles. The van der Waals surface area contributed by atoms with Crippen LogP contribution in [-0.4, -0.2) is 60.8 Å². The lowest BCUT2D eigenvalue weighted by molar-refractivity contribution is -0.157. The number of azo groups is 1. The van der Waals surface area contributed by atoms with Crippen molar-refractivity contribution in [3.8, 4) is 0 Å². The Labute approximate surface area is 230 Å². The molecule has 0 aliphatic heterocycles. The average Bonchev–Trinajstić information content (AvgIpc) is 3.22. The van der Waals surface area contributed by atoms with E-state index in [9.17, 15) is 28.6 Å². The number of esters is 1. The third-order valence-corrected chi connectivity index (χ3v) is 8.72. The van der Waals surface area contributed by atoms with Gasteiger partial charge in [-0.15, -0.1) is 0 Å². The van der Waals surface area contributed by atoms with E-state index in [1.165, 1.54) is 0 Å². The van der Waals surface area contributed by atoms with Crippen LogP contribution in [0.15, 0.2) is 58.8 Å². The minimum atomic E-state index is -4.05. The molecule has 3 rings (SSSR count). The Morgan fingerprint density at radius 3 is 2.10 bits per heavy atom. The van der Waals surface area contributed by atoms with E-state index in [0.717, 1.165) is 5.69 Å². The first-order valence-electron chi connectivity index (χ1n) is 12.2. The molecule has 13 heteroatoms. The second kappa shape index (κ2) is 14.3. The molecule has 0 bridgehead atoms. The van der Waals surface area contributed by atoms with Crippen LogP contribution >= 0.6 is 18.2 Å². The molecule has 1 atom stereocenters. The topological polar surface area (TPSA) is 152 Å². The molecule has 0 amide bonds. The molecular formula is C26H30N3O8PS. The quantitative estimate of drug-likeness (QED) is 0.0793. The number of Topliss-reactive ketones (excluding diaryl/α,β-unsaturated/α-hetero) is 3. The van der Waals surface area contributed by atoms with Crippen LogP contribution in [0.25, 0.3) is 0 Å². The SMILES string of the molecule is CN(C)c1ccc(N=Nc2ccc(C(=O)CCCOP(=O)(O)SCCC(=O)OC3C(=O)CCC3=O)cc2)cc1. The molecule has 0 spiro atoms. The summed E-state index contributed by atoms with van der Waals surface area (Å²) in [4.78, 5) is 59.1. The number of rotatable bonds is 14. The minimum Gasteiger partial charge on any atom is -0.446 e. The maximum Gasteiger partial charge on any atom is 0.386 e. The monoisotopic (exact) mass is 575 g/mol. The zero-order valence-corrected chi connectivity index (χ0v) is 23.4. The molecule has 2 aromatic rings. The number of carbonyl (C=O) groups is 4. The third kappa shape index (κ3) is 9.81. The van der Waals surface area contributed by atoms with Crippen LogP contribution < -0.4 is 4.90 Å². The van der Waals surface area contributed by atoms with Gasteiger partial charge in [-0.1, -0.05) is 0 Å². The van der Waals surface area contributed by atoms with Crippen molar-refractivity contribution in [2.75, 3.05) is 31.4 Å². The van der Waals surface area contributed by atoms with E-state index in [0.29, 0.717) is 28.3 Å². The lowest BCUT2D eigenvalue weighted by Crippen LogP contribution is -2.28. The van der Waals surface area contributed by atoms with E-state index in [-0.39, 0.29) is 50.2 Å². The molecule has 11 nitrogen and oxygen atoms in total. The van der Waals surface area contributed by atoms with Crippen LogP contribution in [0.2, 0.25) is 0 Å². The Bertz CT molecular complexity index is 1250. The lowest BCUT2D eigenvalue weighted by Gasteiger charge is -2.12. The van der Waals surface area contributed by atoms with Crippen LogP contribution in [0.4, 0.5) is 17.1 Å². The maximum atomic E-state index is 12.4. The predicted molar refractivity (Wildman–Crippen MR) is 147 cm³/mol. The van der Waals surface area contributed by atoms with Gasteiger partial charge in [-0.05, 0) is 66.3 Å². The molecule has 1 aliphatic carbocycles. The molecule has 0 heterocycles. The normalized spacial score (nSPS) is 15.5. The Morgan fingerprint density at radius 1 is 0.974 bits per heavy atom. The summed E-state index contributed by atoms with van der Waals surface area (Å²) >= 11 is 0.540. The van der Waals surface area contributed by atoms with Crippen LogP contribution in [0, 0.1) is 0 Å². The highest BCUT2D eigenvalue weighted by Gasteiger charge is 2.36. The summed E-state index contributed by atoms with van der Waals surface area (Å²) in [6.07, 6.45) is -1.17. The second-order valence-electron chi connectivity index (χ2n) is 8.87. The van der Waals surface area contributed by atoms with E-state index in [4.69, 9.17) is 9.26 Å². The van der Waals surface area contributed by atoms with Crippen molar-refractivity contribution in [2.45, 2.75) is 38.2 Å². The summed E-state index contributed by atoms with van der Waals surface area (Å²) in [5.74, 6) is -1.91. The van der Waals surface area contributed by atoms with Gasteiger partial charge in [-0.25, -0.2) is 4.57 Å². The highest BCUT2D eigenvalue weighted by atomic mass is 32.7. The highest BCUT2D eigenvalue weighted by molar-refractivity contribution is 8.54. The molecular weight excluding hydrogens is 545 g/mol. The third-order valence-electron chi connectivity index (χ3n) is 5.65. The molecule has 1 N–H and O–H groups in total. The fraction of sp³-hybridized carbons (Fsp3) is 0.385.